The van der Waals surface area contributed by atoms with Gasteiger partial charge in [0.05, 0.1) is 16.8 Å². The summed E-state index contributed by atoms with van der Waals surface area (Å²) in [4.78, 5) is 16.0. The van der Waals surface area contributed by atoms with Crippen LogP contribution in [-0.4, -0.2) is 31.1 Å². The minimum Gasteiger partial charge on any atom is -0.482 e. The van der Waals surface area contributed by atoms with Crippen LogP contribution in [0.3, 0.4) is 0 Å². The molecule has 1 aromatic heterocycles. The van der Waals surface area contributed by atoms with Gasteiger partial charge in [-0.3, -0.25) is 4.79 Å². The molecule has 0 saturated carbocycles. The van der Waals surface area contributed by atoms with Crippen molar-refractivity contribution in [1.29, 1.82) is 0 Å². The molecule has 2 aromatic rings. The van der Waals surface area contributed by atoms with Crippen molar-refractivity contribution in [3.05, 3.63) is 58.4 Å². The Kier molecular flexibility index (Phi) is 4.78. The fraction of sp³-hybridized carbons (Fsp3) is 0.200. The van der Waals surface area contributed by atoms with Gasteiger partial charge in [-0.1, -0.05) is 11.6 Å². The Labute approximate surface area is 147 Å². The van der Waals surface area contributed by atoms with Gasteiger partial charge in [-0.15, -0.1) is 0 Å². The highest BCUT2D eigenvalue weighted by Crippen LogP contribution is 2.25. The van der Waals surface area contributed by atoms with E-state index in [9.17, 15) is 17.6 Å². The standard InChI is InChI=1S/C15H12ClFN2O5S/c16-11-5-9(17)1-2-13(11)23-7-14-19-12(6-24-14)15(20)18-10-3-4-25(21,22)8-10/h1-6,10H,7-8H2,(H,18,20). The number of hydrogen-bond donors (Lipinski definition) is 1. The second kappa shape index (κ2) is 6.85. The maximum absolute atomic E-state index is 13.0. The first-order valence-corrected chi connectivity index (χ1v) is 9.16. The minimum atomic E-state index is -3.26. The molecule has 1 aliphatic rings. The number of halogens is 2. The predicted octanol–water partition coefficient (Wildman–Crippen LogP) is 2.09. The van der Waals surface area contributed by atoms with Gasteiger partial charge >= 0.3 is 0 Å². The number of amides is 1. The van der Waals surface area contributed by atoms with Crippen LogP contribution >= 0.6 is 11.6 Å². The first-order chi connectivity index (χ1) is 11.8. The molecule has 7 nitrogen and oxygen atoms in total. The van der Waals surface area contributed by atoms with Gasteiger partial charge in [0.1, 0.15) is 17.8 Å². The van der Waals surface area contributed by atoms with Gasteiger partial charge in [-0.05, 0) is 24.3 Å². The van der Waals surface area contributed by atoms with Crippen LogP contribution in [0.25, 0.3) is 0 Å². The molecule has 0 fully saturated rings. The van der Waals surface area contributed by atoms with E-state index in [2.05, 4.69) is 10.3 Å². The first kappa shape index (κ1) is 17.4. The maximum atomic E-state index is 13.0. The Hall–Kier alpha value is -2.39. The summed E-state index contributed by atoms with van der Waals surface area (Å²) < 4.78 is 46.1. The molecule has 1 atom stereocenters. The molecule has 10 heteroatoms. The third kappa shape index (κ3) is 4.37. The van der Waals surface area contributed by atoms with Crippen LogP contribution in [0.15, 0.2) is 40.4 Å². The maximum Gasteiger partial charge on any atom is 0.273 e. The molecular weight excluding hydrogens is 375 g/mol. The van der Waals surface area contributed by atoms with Crippen molar-refractivity contribution in [2.75, 3.05) is 5.75 Å². The highest BCUT2D eigenvalue weighted by Gasteiger charge is 2.24. The Morgan fingerprint density at radius 2 is 2.28 bits per heavy atom. The number of nitrogens with zero attached hydrogens (tertiary/aromatic N) is 1. The van der Waals surface area contributed by atoms with Gasteiger partial charge in [-0.2, -0.15) is 0 Å². The summed E-state index contributed by atoms with van der Waals surface area (Å²) in [6, 6.07) is 3.06. The molecular formula is C15H12ClFN2O5S. The van der Waals surface area contributed by atoms with Crippen molar-refractivity contribution in [2.24, 2.45) is 0 Å². The fourth-order valence-electron chi connectivity index (χ4n) is 2.12. The molecule has 1 aromatic carbocycles. The van der Waals surface area contributed by atoms with Crippen molar-refractivity contribution < 1.29 is 26.8 Å². The normalized spacial score (nSPS) is 18.2. The van der Waals surface area contributed by atoms with E-state index in [4.69, 9.17) is 20.8 Å². The molecule has 1 N–H and O–H groups in total. The number of hydrogen-bond acceptors (Lipinski definition) is 6. The monoisotopic (exact) mass is 386 g/mol. The lowest BCUT2D eigenvalue weighted by Gasteiger charge is -2.07. The molecule has 2 heterocycles. The second-order valence-corrected chi connectivity index (χ2v) is 7.57. The van der Waals surface area contributed by atoms with Gasteiger partial charge < -0.3 is 14.5 Å². The average molecular weight is 387 g/mol. The van der Waals surface area contributed by atoms with Crippen LogP contribution in [0.1, 0.15) is 16.4 Å². The lowest BCUT2D eigenvalue weighted by Crippen LogP contribution is -2.35. The molecule has 3 rings (SSSR count). The predicted molar refractivity (Wildman–Crippen MR) is 86.4 cm³/mol. The Balaban J connectivity index is 1.58. The highest BCUT2D eigenvalue weighted by atomic mass is 35.5. The van der Waals surface area contributed by atoms with Crippen molar-refractivity contribution in [3.8, 4) is 5.75 Å². The van der Waals surface area contributed by atoms with Crippen molar-refractivity contribution in [3.63, 3.8) is 0 Å². The zero-order chi connectivity index (χ0) is 18.0. The molecule has 1 aliphatic heterocycles. The summed E-state index contributed by atoms with van der Waals surface area (Å²) in [6.45, 7) is -0.115. The van der Waals surface area contributed by atoms with Gasteiger partial charge in [0.25, 0.3) is 5.91 Å². The largest absolute Gasteiger partial charge is 0.482 e. The van der Waals surface area contributed by atoms with E-state index < -0.39 is 27.6 Å². The topological polar surface area (TPSA) is 98.5 Å². The number of rotatable bonds is 5. The molecule has 25 heavy (non-hydrogen) atoms. The molecule has 0 bridgehead atoms. The van der Waals surface area contributed by atoms with E-state index in [1.54, 1.807) is 0 Å². The van der Waals surface area contributed by atoms with E-state index in [1.807, 2.05) is 0 Å². The van der Waals surface area contributed by atoms with E-state index in [0.717, 1.165) is 17.7 Å². The third-order valence-corrected chi connectivity index (χ3v) is 4.97. The van der Waals surface area contributed by atoms with Crippen LogP contribution in [-0.2, 0) is 16.4 Å². The lowest BCUT2D eigenvalue weighted by molar-refractivity contribution is 0.0942. The average Bonchev–Trinajstić information content (AvgIpc) is 3.13. The van der Waals surface area contributed by atoms with E-state index in [-0.39, 0.29) is 34.7 Å². The first-order valence-electron chi connectivity index (χ1n) is 7.06. The number of aromatic nitrogens is 1. The number of nitrogens with one attached hydrogen (secondary N) is 1. The third-order valence-electron chi connectivity index (χ3n) is 3.28. The van der Waals surface area contributed by atoms with Crippen LogP contribution in [0.2, 0.25) is 5.02 Å². The fourth-order valence-corrected chi connectivity index (χ4v) is 3.58. The van der Waals surface area contributed by atoms with Crippen molar-refractivity contribution >= 4 is 27.3 Å². The summed E-state index contributed by atoms with van der Waals surface area (Å²) in [7, 11) is -3.26. The molecule has 0 spiro atoms. The van der Waals surface area contributed by atoms with Crippen molar-refractivity contribution in [2.45, 2.75) is 12.6 Å². The van der Waals surface area contributed by atoms with Crippen molar-refractivity contribution in [1.82, 2.24) is 10.3 Å². The minimum absolute atomic E-state index is 0.0125. The summed E-state index contributed by atoms with van der Waals surface area (Å²) in [5, 5.41) is 3.68. The smallest absolute Gasteiger partial charge is 0.273 e. The van der Waals surface area contributed by atoms with Gasteiger partial charge in [0.15, 0.2) is 22.1 Å². The Bertz CT molecular complexity index is 941. The number of carbonyl (C=O) groups is 1. The van der Waals surface area contributed by atoms with Crippen LogP contribution in [0.4, 0.5) is 4.39 Å². The number of carbonyl (C=O) groups excluding carboxylic acids is 1. The van der Waals surface area contributed by atoms with E-state index in [0.29, 0.717) is 0 Å². The zero-order valence-electron chi connectivity index (χ0n) is 12.6. The van der Waals surface area contributed by atoms with Crippen LogP contribution in [0.5, 0.6) is 5.75 Å². The summed E-state index contributed by atoms with van der Waals surface area (Å²) in [5.74, 6) is -0.888. The highest BCUT2D eigenvalue weighted by molar-refractivity contribution is 7.94. The quantitative estimate of drug-likeness (QED) is 0.844. The Morgan fingerprint density at radius 3 is 2.96 bits per heavy atom. The summed E-state index contributed by atoms with van der Waals surface area (Å²) >= 11 is 5.83. The number of ether oxygens (including phenoxy) is 1. The second-order valence-electron chi connectivity index (χ2n) is 5.23. The van der Waals surface area contributed by atoms with E-state index in [1.165, 1.54) is 18.2 Å². The Morgan fingerprint density at radius 1 is 1.48 bits per heavy atom. The SMILES string of the molecule is O=C(NC1C=CS(=O)(=O)C1)c1coc(COc2ccc(F)cc2Cl)n1. The number of oxazole rings is 1. The molecule has 1 amide bonds. The zero-order valence-corrected chi connectivity index (χ0v) is 14.2. The van der Waals surface area contributed by atoms with Crippen LogP contribution < -0.4 is 10.1 Å². The van der Waals surface area contributed by atoms with Gasteiger partial charge in [0.2, 0.25) is 5.89 Å². The van der Waals surface area contributed by atoms with Gasteiger partial charge in [-0.25, -0.2) is 17.8 Å². The molecule has 0 radical (unpaired) electrons. The molecule has 132 valence electrons. The van der Waals surface area contributed by atoms with Gasteiger partial charge in [0, 0.05) is 5.41 Å². The number of sulfone groups is 1. The lowest BCUT2D eigenvalue weighted by atomic mass is 10.3. The molecule has 0 aliphatic carbocycles. The summed E-state index contributed by atoms with van der Waals surface area (Å²) in [5.41, 5.74) is -0.0125. The molecule has 1 unspecified atom stereocenters. The molecule has 0 saturated heterocycles. The van der Waals surface area contributed by atoms with Crippen LogP contribution in [0, 0.1) is 5.82 Å². The number of benzene rings is 1. The summed E-state index contributed by atoms with van der Waals surface area (Å²) in [6.07, 6.45) is 2.53. The van der Waals surface area contributed by atoms with E-state index >= 15 is 0 Å².